The molecular formula is C19H22BrNO3. The molecule has 0 heterocycles. The zero-order valence-electron chi connectivity index (χ0n) is 14.1. The van der Waals surface area contributed by atoms with Crippen LogP contribution >= 0.6 is 15.9 Å². The lowest BCUT2D eigenvalue weighted by Gasteiger charge is -2.15. The van der Waals surface area contributed by atoms with Crippen LogP contribution in [-0.2, 0) is 11.2 Å². The average Bonchev–Trinajstić information content (AvgIpc) is 2.59. The Morgan fingerprint density at radius 1 is 1.12 bits per heavy atom. The predicted molar refractivity (Wildman–Crippen MR) is 98.6 cm³/mol. The van der Waals surface area contributed by atoms with Crippen LogP contribution in [0.2, 0.25) is 0 Å². The van der Waals surface area contributed by atoms with Crippen LogP contribution in [0.5, 0.6) is 11.5 Å². The van der Waals surface area contributed by atoms with Gasteiger partial charge >= 0.3 is 0 Å². The second-order valence-electron chi connectivity index (χ2n) is 5.57. The Kier molecular flexibility index (Phi) is 6.67. The Morgan fingerprint density at radius 2 is 1.79 bits per heavy atom. The van der Waals surface area contributed by atoms with E-state index in [1.165, 1.54) is 0 Å². The smallest absolute Gasteiger partial charge is 0.220 e. The lowest BCUT2D eigenvalue weighted by atomic mass is 10.1. The summed E-state index contributed by atoms with van der Waals surface area (Å²) >= 11 is 3.45. The number of halogens is 1. The Hall–Kier alpha value is -2.01. The van der Waals surface area contributed by atoms with Gasteiger partial charge in [-0.05, 0) is 48.7 Å². The quantitative estimate of drug-likeness (QED) is 0.765. The van der Waals surface area contributed by atoms with E-state index in [-0.39, 0.29) is 11.9 Å². The van der Waals surface area contributed by atoms with E-state index in [2.05, 4.69) is 21.2 Å². The summed E-state index contributed by atoms with van der Waals surface area (Å²) in [7, 11) is 3.23. The highest BCUT2D eigenvalue weighted by molar-refractivity contribution is 9.10. The van der Waals surface area contributed by atoms with Gasteiger partial charge in [0.1, 0.15) is 11.5 Å². The third-order valence-corrected chi connectivity index (χ3v) is 4.27. The van der Waals surface area contributed by atoms with Gasteiger partial charge in [0.05, 0.1) is 20.3 Å². The predicted octanol–water partition coefficient (Wildman–Crippen LogP) is 4.28. The third-order valence-electron chi connectivity index (χ3n) is 3.78. The van der Waals surface area contributed by atoms with Gasteiger partial charge in [-0.15, -0.1) is 0 Å². The molecule has 128 valence electrons. The van der Waals surface area contributed by atoms with E-state index in [4.69, 9.17) is 9.47 Å². The van der Waals surface area contributed by atoms with Gasteiger partial charge in [-0.3, -0.25) is 4.79 Å². The molecule has 0 aliphatic heterocycles. The van der Waals surface area contributed by atoms with Crippen LogP contribution in [0.3, 0.4) is 0 Å². The number of ether oxygens (including phenoxy) is 2. The van der Waals surface area contributed by atoms with Crippen LogP contribution < -0.4 is 14.8 Å². The molecule has 0 spiro atoms. The van der Waals surface area contributed by atoms with Crippen molar-refractivity contribution in [2.24, 2.45) is 0 Å². The maximum Gasteiger partial charge on any atom is 0.220 e. The molecule has 2 aromatic rings. The summed E-state index contributed by atoms with van der Waals surface area (Å²) in [6.07, 6.45) is 1.04. The second-order valence-corrected chi connectivity index (χ2v) is 6.48. The molecule has 0 fully saturated rings. The molecule has 0 aliphatic carbocycles. The summed E-state index contributed by atoms with van der Waals surface area (Å²) in [5, 5.41) is 3.03. The van der Waals surface area contributed by atoms with E-state index < -0.39 is 0 Å². The number of methoxy groups -OCH3 is 2. The molecule has 0 unspecified atom stereocenters. The van der Waals surface area contributed by atoms with Crippen molar-refractivity contribution in [3.05, 3.63) is 58.1 Å². The van der Waals surface area contributed by atoms with E-state index in [1.54, 1.807) is 14.2 Å². The fourth-order valence-electron chi connectivity index (χ4n) is 2.44. The number of benzene rings is 2. The molecule has 1 amide bonds. The first-order valence-electron chi connectivity index (χ1n) is 7.78. The minimum atomic E-state index is -0.0326. The normalized spacial score (nSPS) is 11.7. The largest absolute Gasteiger partial charge is 0.497 e. The molecule has 5 heteroatoms. The van der Waals surface area contributed by atoms with Crippen molar-refractivity contribution in [1.29, 1.82) is 0 Å². The minimum Gasteiger partial charge on any atom is -0.497 e. The van der Waals surface area contributed by atoms with Crippen LogP contribution in [0.15, 0.2) is 46.9 Å². The van der Waals surface area contributed by atoms with Crippen molar-refractivity contribution in [3.63, 3.8) is 0 Å². The topological polar surface area (TPSA) is 47.6 Å². The minimum absolute atomic E-state index is 0.0178. The highest BCUT2D eigenvalue weighted by atomic mass is 79.9. The van der Waals surface area contributed by atoms with E-state index in [0.29, 0.717) is 12.8 Å². The van der Waals surface area contributed by atoms with Gasteiger partial charge in [-0.25, -0.2) is 0 Å². The molecule has 0 radical (unpaired) electrons. The summed E-state index contributed by atoms with van der Waals surface area (Å²) in [6.45, 7) is 1.98. The Morgan fingerprint density at radius 3 is 2.38 bits per heavy atom. The summed E-state index contributed by atoms with van der Waals surface area (Å²) < 4.78 is 11.5. The van der Waals surface area contributed by atoms with E-state index in [9.17, 15) is 4.79 Å². The first-order valence-corrected chi connectivity index (χ1v) is 8.58. The van der Waals surface area contributed by atoms with Gasteiger partial charge in [-0.1, -0.05) is 28.1 Å². The summed E-state index contributed by atoms with van der Waals surface area (Å²) in [4.78, 5) is 12.2. The number of hydrogen-bond acceptors (Lipinski definition) is 3. The zero-order valence-corrected chi connectivity index (χ0v) is 15.7. The fraction of sp³-hybridized carbons (Fsp3) is 0.316. The molecule has 0 bridgehead atoms. The number of carbonyl (C=O) groups excluding carboxylic acids is 1. The number of carbonyl (C=O) groups is 1. The molecule has 0 saturated heterocycles. The summed E-state index contributed by atoms with van der Waals surface area (Å²) in [5.74, 6) is 1.48. The number of amides is 1. The lowest BCUT2D eigenvalue weighted by molar-refractivity contribution is -0.121. The highest BCUT2D eigenvalue weighted by Gasteiger charge is 2.11. The number of hydrogen-bond donors (Lipinski definition) is 1. The van der Waals surface area contributed by atoms with Crippen LogP contribution in [0.4, 0.5) is 0 Å². The molecule has 2 aromatic carbocycles. The molecule has 24 heavy (non-hydrogen) atoms. The first kappa shape index (κ1) is 18.3. The van der Waals surface area contributed by atoms with E-state index >= 15 is 0 Å². The van der Waals surface area contributed by atoms with E-state index in [0.717, 1.165) is 27.1 Å². The van der Waals surface area contributed by atoms with Crippen molar-refractivity contribution < 1.29 is 14.3 Å². The molecule has 0 aliphatic rings. The number of rotatable bonds is 7. The van der Waals surface area contributed by atoms with Crippen molar-refractivity contribution in [2.45, 2.75) is 25.8 Å². The van der Waals surface area contributed by atoms with Gasteiger partial charge in [0, 0.05) is 17.0 Å². The monoisotopic (exact) mass is 391 g/mol. The van der Waals surface area contributed by atoms with Gasteiger partial charge in [-0.2, -0.15) is 0 Å². The standard InChI is InChI=1S/C19H22BrNO3/c1-13(15-5-4-6-16(20)11-15)21-19(22)8-7-14-9-17(23-2)12-18(10-14)24-3/h4-6,9-13H,7-8H2,1-3H3,(H,21,22)/t13-/m1/s1. The fourth-order valence-corrected chi connectivity index (χ4v) is 2.86. The van der Waals surface area contributed by atoms with Crippen molar-refractivity contribution in [2.75, 3.05) is 14.2 Å². The second kappa shape index (κ2) is 8.73. The van der Waals surface area contributed by atoms with Crippen molar-refractivity contribution in [3.8, 4) is 11.5 Å². The maximum atomic E-state index is 12.2. The molecule has 0 saturated carbocycles. The molecule has 4 nitrogen and oxygen atoms in total. The molecule has 2 rings (SSSR count). The van der Waals surface area contributed by atoms with Crippen LogP contribution in [0, 0.1) is 0 Å². The van der Waals surface area contributed by atoms with Gasteiger partial charge in [0.15, 0.2) is 0 Å². The Bertz CT molecular complexity index is 681. The first-order chi connectivity index (χ1) is 11.5. The van der Waals surface area contributed by atoms with Gasteiger partial charge in [0.25, 0.3) is 0 Å². The highest BCUT2D eigenvalue weighted by Crippen LogP contribution is 2.23. The molecule has 1 N–H and O–H groups in total. The maximum absolute atomic E-state index is 12.2. The Labute approximate surface area is 151 Å². The summed E-state index contributed by atoms with van der Waals surface area (Å²) in [5.41, 5.74) is 2.08. The van der Waals surface area contributed by atoms with Gasteiger partial charge in [0.2, 0.25) is 5.91 Å². The molecular weight excluding hydrogens is 370 g/mol. The Balaban J connectivity index is 1.93. The summed E-state index contributed by atoms with van der Waals surface area (Å²) in [6, 6.07) is 13.6. The van der Waals surface area contributed by atoms with Crippen molar-refractivity contribution in [1.82, 2.24) is 5.32 Å². The SMILES string of the molecule is COc1cc(CCC(=O)N[C@H](C)c2cccc(Br)c2)cc(OC)c1. The van der Waals surface area contributed by atoms with Gasteiger partial charge < -0.3 is 14.8 Å². The van der Waals surface area contributed by atoms with Crippen molar-refractivity contribution >= 4 is 21.8 Å². The number of aryl methyl sites for hydroxylation is 1. The van der Waals surface area contributed by atoms with Crippen LogP contribution in [0.25, 0.3) is 0 Å². The third kappa shape index (κ3) is 5.27. The number of nitrogens with one attached hydrogen (secondary N) is 1. The zero-order chi connectivity index (χ0) is 17.5. The molecule has 1 atom stereocenters. The lowest BCUT2D eigenvalue weighted by Crippen LogP contribution is -2.26. The van der Waals surface area contributed by atoms with E-state index in [1.807, 2.05) is 49.4 Å². The molecule has 0 aromatic heterocycles. The average molecular weight is 392 g/mol. The van der Waals surface area contributed by atoms with Crippen LogP contribution in [0.1, 0.15) is 30.5 Å². The van der Waals surface area contributed by atoms with Crippen LogP contribution in [-0.4, -0.2) is 20.1 Å².